The molecule has 6 nitrogen and oxygen atoms in total. The van der Waals surface area contributed by atoms with Gasteiger partial charge in [0.15, 0.2) is 5.12 Å². The van der Waals surface area contributed by atoms with Crippen molar-refractivity contribution in [2.24, 2.45) is 5.92 Å². The van der Waals surface area contributed by atoms with E-state index in [1.54, 1.807) is 11.0 Å². The van der Waals surface area contributed by atoms with Crippen LogP contribution in [0.1, 0.15) is 29.3 Å². The third-order valence-corrected chi connectivity index (χ3v) is 4.61. The zero-order valence-electron chi connectivity index (χ0n) is 12.9. The van der Waals surface area contributed by atoms with E-state index in [9.17, 15) is 19.6 Å². The first-order chi connectivity index (χ1) is 11.0. The lowest BCUT2D eigenvalue weighted by atomic mass is 10.1. The number of hydrogen-bond acceptors (Lipinski definition) is 6. The summed E-state index contributed by atoms with van der Waals surface area (Å²) in [6.07, 6.45) is 0.376. The van der Waals surface area contributed by atoms with Crippen molar-refractivity contribution in [2.75, 3.05) is 24.3 Å². The monoisotopic (exact) mass is 332 g/mol. The van der Waals surface area contributed by atoms with Crippen molar-refractivity contribution in [3.05, 3.63) is 29.3 Å². The van der Waals surface area contributed by atoms with E-state index in [2.05, 4.69) is 4.74 Å². The molecule has 23 heavy (non-hydrogen) atoms. The predicted octanol–water partition coefficient (Wildman–Crippen LogP) is 1.98. The number of esters is 1. The van der Waals surface area contributed by atoms with Crippen molar-refractivity contribution in [3.63, 3.8) is 0 Å². The first kappa shape index (κ1) is 17.0. The van der Waals surface area contributed by atoms with E-state index in [0.717, 1.165) is 0 Å². The summed E-state index contributed by atoms with van der Waals surface area (Å²) in [5, 5.41) is 9.22. The number of methoxy groups -OCH3 is 1. The van der Waals surface area contributed by atoms with E-state index in [-0.39, 0.29) is 28.1 Å². The second kappa shape index (κ2) is 7.29. The number of benzene rings is 1. The standard InChI is InChI=1S/C16H16N2O4S/c1-10(19)23-9-11-5-15(20)18(8-11)13-3-4-14(16(21)22-2)12(6-13)7-17/h3-4,6,11H,5,8-9H2,1-2H3. The molecule has 0 aliphatic carbocycles. The number of hydrogen-bond donors (Lipinski definition) is 0. The molecule has 7 heteroatoms. The fraction of sp³-hybridized carbons (Fsp3) is 0.375. The predicted molar refractivity (Wildman–Crippen MR) is 86.1 cm³/mol. The lowest BCUT2D eigenvalue weighted by Crippen LogP contribution is -2.25. The van der Waals surface area contributed by atoms with Gasteiger partial charge in [0, 0.05) is 31.3 Å². The van der Waals surface area contributed by atoms with Gasteiger partial charge in [-0.15, -0.1) is 0 Å². The van der Waals surface area contributed by atoms with E-state index in [0.29, 0.717) is 24.4 Å². The Hall–Kier alpha value is -2.33. The Balaban J connectivity index is 2.19. The number of nitrogens with zero attached hydrogens (tertiary/aromatic N) is 2. The summed E-state index contributed by atoms with van der Waals surface area (Å²) in [7, 11) is 1.25. The minimum Gasteiger partial charge on any atom is -0.465 e. The van der Waals surface area contributed by atoms with Gasteiger partial charge >= 0.3 is 5.97 Å². The maximum atomic E-state index is 12.2. The maximum absolute atomic E-state index is 12.2. The smallest absolute Gasteiger partial charge is 0.339 e. The molecule has 1 fully saturated rings. The minimum atomic E-state index is -0.586. The number of anilines is 1. The van der Waals surface area contributed by atoms with Crippen LogP contribution >= 0.6 is 11.8 Å². The highest BCUT2D eigenvalue weighted by Gasteiger charge is 2.31. The van der Waals surface area contributed by atoms with Crippen molar-refractivity contribution in [1.29, 1.82) is 5.26 Å². The quantitative estimate of drug-likeness (QED) is 0.784. The van der Waals surface area contributed by atoms with Crippen molar-refractivity contribution in [2.45, 2.75) is 13.3 Å². The second-order valence-corrected chi connectivity index (χ2v) is 6.41. The topological polar surface area (TPSA) is 87.5 Å². The van der Waals surface area contributed by atoms with Crippen LogP contribution in [0.3, 0.4) is 0 Å². The molecule has 0 N–H and O–H groups in total. The lowest BCUT2D eigenvalue weighted by Gasteiger charge is -2.17. The Morgan fingerprint density at radius 1 is 1.48 bits per heavy atom. The summed E-state index contributed by atoms with van der Waals surface area (Å²) in [5.74, 6) is 0.0656. The molecule has 0 aromatic heterocycles. The van der Waals surface area contributed by atoms with Gasteiger partial charge in [-0.25, -0.2) is 4.79 Å². The van der Waals surface area contributed by atoms with Gasteiger partial charge in [-0.2, -0.15) is 5.26 Å². The molecule has 1 amide bonds. The number of nitriles is 1. The molecule has 1 heterocycles. The van der Waals surface area contributed by atoms with Gasteiger partial charge in [-0.3, -0.25) is 9.59 Å². The normalized spacial score (nSPS) is 17.0. The van der Waals surface area contributed by atoms with Crippen LogP contribution in [-0.4, -0.2) is 36.4 Å². The molecule has 1 unspecified atom stereocenters. The van der Waals surface area contributed by atoms with Gasteiger partial charge in [0.05, 0.1) is 18.2 Å². The summed E-state index contributed by atoms with van der Waals surface area (Å²) < 4.78 is 4.63. The molecule has 1 atom stereocenters. The van der Waals surface area contributed by atoms with Gasteiger partial charge in [0.2, 0.25) is 5.91 Å². The Morgan fingerprint density at radius 2 is 2.22 bits per heavy atom. The summed E-state index contributed by atoms with van der Waals surface area (Å²) in [4.78, 5) is 36.4. The molecule has 1 aliphatic heterocycles. The molecule has 120 valence electrons. The zero-order chi connectivity index (χ0) is 17.0. The minimum absolute atomic E-state index is 0.0325. The highest BCUT2D eigenvalue weighted by molar-refractivity contribution is 8.13. The Labute approximate surface area is 138 Å². The van der Waals surface area contributed by atoms with E-state index in [1.807, 2.05) is 6.07 Å². The van der Waals surface area contributed by atoms with Crippen LogP contribution in [0.2, 0.25) is 0 Å². The van der Waals surface area contributed by atoms with E-state index in [1.165, 1.54) is 37.9 Å². The van der Waals surface area contributed by atoms with Crippen LogP contribution < -0.4 is 4.90 Å². The van der Waals surface area contributed by atoms with E-state index in [4.69, 9.17) is 0 Å². The van der Waals surface area contributed by atoms with Gasteiger partial charge in [-0.05, 0) is 24.1 Å². The fourth-order valence-corrected chi connectivity index (χ4v) is 3.15. The number of amides is 1. The summed E-state index contributed by atoms with van der Waals surface area (Å²) in [6.45, 7) is 2.01. The third-order valence-electron chi connectivity index (χ3n) is 3.57. The highest BCUT2D eigenvalue weighted by atomic mass is 32.2. The van der Waals surface area contributed by atoms with Gasteiger partial charge in [-0.1, -0.05) is 11.8 Å². The Kier molecular flexibility index (Phi) is 5.40. The fourth-order valence-electron chi connectivity index (χ4n) is 2.46. The van der Waals surface area contributed by atoms with Gasteiger partial charge in [0.25, 0.3) is 0 Å². The molecule has 0 saturated carbocycles. The average Bonchev–Trinajstić information content (AvgIpc) is 2.92. The van der Waals surface area contributed by atoms with Crippen molar-refractivity contribution >= 4 is 34.4 Å². The van der Waals surface area contributed by atoms with Crippen LogP contribution in [0.25, 0.3) is 0 Å². The lowest BCUT2D eigenvalue weighted by molar-refractivity contribution is -0.117. The van der Waals surface area contributed by atoms with Crippen LogP contribution in [-0.2, 0) is 14.3 Å². The molecular weight excluding hydrogens is 316 g/mol. The van der Waals surface area contributed by atoms with Crippen LogP contribution in [0, 0.1) is 17.2 Å². The Bertz CT molecular complexity index is 696. The van der Waals surface area contributed by atoms with Crippen LogP contribution in [0.15, 0.2) is 18.2 Å². The molecule has 2 rings (SSSR count). The number of thioether (sulfide) groups is 1. The van der Waals surface area contributed by atoms with Gasteiger partial charge < -0.3 is 9.64 Å². The van der Waals surface area contributed by atoms with Gasteiger partial charge in [0.1, 0.15) is 6.07 Å². The van der Waals surface area contributed by atoms with Crippen molar-refractivity contribution < 1.29 is 19.1 Å². The highest BCUT2D eigenvalue weighted by Crippen LogP contribution is 2.29. The molecule has 1 aromatic rings. The zero-order valence-corrected chi connectivity index (χ0v) is 13.7. The number of carbonyl (C=O) groups excluding carboxylic acids is 3. The summed E-state index contributed by atoms with van der Waals surface area (Å²) in [6, 6.07) is 6.59. The molecule has 0 radical (unpaired) electrons. The molecule has 1 aromatic carbocycles. The van der Waals surface area contributed by atoms with E-state index >= 15 is 0 Å². The second-order valence-electron chi connectivity index (χ2n) is 5.21. The van der Waals surface area contributed by atoms with Crippen LogP contribution in [0.5, 0.6) is 0 Å². The van der Waals surface area contributed by atoms with Crippen molar-refractivity contribution in [3.8, 4) is 6.07 Å². The maximum Gasteiger partial charge on any atom is 0.339 e. The van der Waals surface area contributed by atoms with E-state index < -0.39 is 5.97 Å². The number of carbonyl (C=O) groups is 3. The first-order valence-electron chi connectivity index (χ1n) is 7.02. The molecule has 0 bridgehead atoms. The molecular formula is C16H16N2O4S. The largest absolute Gasteiger partial charge is 0.465 e. The van der Waals surface area contributed by atoms with Crippen LogP contribution in [0.4, 0.5) is 5.69 Å². The molecule has 0 spiro atoms. The molecule has 1 aliphatic rings. The first-order valence-corrected chi connectivity index (χ1v) is 8.01. The number of rotatable bonds is 4. The summed E-state index contributed by atoms with van der Waals surface area (Å²) >= 11 is 1.21. The average molecular weight is 332 g/mol. The SMILES string of the molecule is COC(=O)c1ccc(N2CC(CSC(C)=O)CC2=O)cc1C#N. The third kappa shape index (κ3) is 3.90. The Morgan fingerprint density at radius 3 is 2.83 bits per heavy atom. The molecule has 1 saturated heterocycles. The summed E-state index contributed by atoms with van der Waals surface area (Å²) in [5.41, 5.74) is 0.923. The van der Waals surface area contributed by atoms with Crippen molar-refractivity contribution in [1.82, 2.24) is 0 Å². The number of ether oxygens (including phenoxy) is 1.